The first-order valence-corrected chi connectivity index (χ1v) is 26.0. The van der Waals surface area contributed by atoms with Crippen molar-refractivity contribution in [1.82, 2.24) is 0 Å². The predicted molar refractivity (Wildman–Crippen MR) is 274 cm³/mol. The van der Waals surface area contributed by atoms with E-state index in [1.807, 2.05) is 54.7 Å². The molecule has 0 aromatic carbocycles. The minimum atomic E-state index is -0.813. The number of ether oxygens (including phenoxy) is 3. The second-order valence-electron chi connectivity index (χ2n) is 16.8. The molecule has 0 aromatic heterocycles. The lowest BCUT2D eigenvalue weighted by Crippen LogP contribution is -2.30. The molecule has 0 amide bonds. The van der Waals surface area contributed by atoms with Crippen LogP contribution in [0.3, 0.4) is 0 Å². The fourth-order valence-electron chi connectivity index (χ4n) is 6.79. The van der Waals surface area contributed by atoms with Crippen molar-refractivity contribution in [3.05, 3.63) is 109 Å². The summed E-state index contributed by atoms with van der Waals surface area (Å²) in [4.78, 5) is 38.0. The van der Waals surface area contributed by atoms with Crippen LogP contribution in [0.1, 0.15) is 220 Å². The summed E-state index contributed by atoms with van der Waals surface area (Å²) in [7, 11) is 0. The number of rotatable bonds is 45. The Balaban J connectivity index is 4.46. The molecule has 0 spiro atoms. The number of hydrogen-bond donors (Lipinski definition) is 0. The standard InChI is InChI=1S/C58H94O6/c1-4-7-10-13-16-19-22-25-27-28-29-30-31-34-36-39-42-45-48-51-57(60)63-54-55(53-62-56(59)50-47-44-41-38-35-32-24-21-18-15-12-9-6-3)64-58(61)52-49-46-43-40-37-33-26-23-20-17-14-11-8-5-2/h8-9,11-12,15-22,24-25,32,35,38,41,55H,4-7,10,13-14,23,26-31,33-34,36-37,39-40,42-54H2,1-3H3/b11-8-,12-9-,18-15-,19-16-,20-17-,24-21-,25-22-,35-32-,41-38-. The van der Waals surface area contributed by atoms with Crippen molar-refractivity contribution >= 4 is 17.9 Å². The van der Waals surface area contributed by atoms with Crippen molar-refractivity contribution in [1.29, 1.82) is 0 Å². The van der Waals surface area contributed by atoms with E-state index in [9.17, 15) is 14.4 Å². The maximum Gasteiger partial charge on any atom is 0.306 e. The molecule has 0 heterocycles. The van der Waals surface area contributed by atoms with Gasteiger partial charge in [0.05, 0.1) is 0 Å². The number of hydrogen-bond acceptors (Lipinski definition) is 6. The number of allylic oxidation sites excluding steroid dienone is 18. The minimum Gasteiger partial charge on any atom is -0.462 e. The molecule has 0 N–H and O–H groups in total. The smallest absolute Gasteiger partial charge is 0.306 e. The van der Waals surface area contributed by atoms with E-state index in [0.717, 1.165) is 70.6 Å². The van der Waals surface area contributed by atoms with Crippen LogP contribution in [0.5, 0.6) is 0 Å². The summed E-state index contributed by atoms with van der Waals surface area (Å²) in [6.07, 6.45) is 69.4. The molecule has 6 heteroatoms. The summed E-state index contributed by atoms with van der Waals surface area (Å²) in [5, 5.41) is 0. The van der Waals surface area contributed by atoms with Gasteiger partial charge in [-0.25, -0.2) is 0 Å². The fraction of sp³-hybridized carbons (Fsp3) is 0.638. The van der Waals surface area contributed by atoms with Gasteiger partial charge in [-0.2, -0.15) is 0 Å². The Bertz CT molecular complexity index is 1340. The average molecular weight is 887 g/mol. The van der Waals surface area contributed by atoms with Crippen LogP contribution in [0, 0.1) is 0 Å². The first-order valence-electron chi connectivity index (χ1n) is 26.0. The van der Waals surface area contributed by atoms with Gasteiger partial charge >= 0.3 is 17.9 Å². The summed E-state index contributed by atoms with van der Waals surface area (Å²) >= 11 is 0. The van der Waals surface area contributed by atoms with Gasteiger partial charge in [0.2, 0.25) is 0 Å². The number of carbonyl (C=O) groups excluding carboxylic acids is 3. The molecular formula is C58H94O6. The van der Waals surface area contributed by atoms with Gasteiger partial charge in [0, 0.05) is 19.3 Å². The van der Waals surface area contributed by atoms with Gasteiger partial charge in [-0.3, -0.25) is 14.4 Å². The Kier molecular flexibility index (Phi) is 48.5. The molecular weight excluding hydrogens is 793 g/mol. The highest BCUT2D eigenvalue weighted by atomic mass is 16.6. The van der Waals surface area contributed by atoms with E-state index in [1.54, 1.807) is 0 Å². The van der Waals surface area contributed by atoms with Gasteiger partial charge in [0.25, 0.3) is 0 Å². The SMILES string of the molecule is CC\C=C/C=C\C=C/C=C\C=C/CCCC(=O)OCC(COC(=O)CCCCCCCCCCCC/C=C\C=C/CCCCC)OC(=O)CCCCCCCCC/C=C\C/C=C\CC. The third-order valence-electron chi connectivity index (χ3n) is 10.6. The lowest BCUT2D eigenvalue weighted by Gasteiger charge is -2.18. The third-order valence-corrected chi connectivity index (χ3v) is 10.6. The molecule has 0 saturated carbocycles. The van der Waals surface area contributed by atoms with Gasteiger partial charge in [0.15, 0.2) is 6.10 Å². The van der Waals surface area contributed by atoms with E-state index in [1.165, 1.54) is 103 Å². The lowest BCUT2D eigenvalue weighted by molar-refractivity contribution is -0.167. The Morgan fingerprint density at radius 3 is 1.20 bits per heavy atom. The molecule has 6 nitrogen and oxygen atoms in total. The van der Waals surface area contributed by atoms with Gasteiger partial charge in [-0.05, 0) is 83.5 Å². The molecule has 0 aliphatic carbocycles. The second-order valence-corrected chi connectivity index (χ2v) is 16.8. The van der Waals surface area contributed by atoms with Crippen molar-refractivity contribution in [3.63, 3.8) is 0 Å². The number of carbonyl (C=O) groups is 3. The molecule has 0 rings (SSSR count). The zero-order chi connectivity index (χ0) is 46.5. The van der Waals surface area contributed by atoms with Crippen LogP contribution in [-0.4, -0.2) is 37.2 Å². The van der Waals surface area contributed by atoms with Crippen molar-refractivity contribution in [3.8, 4) is 0 Å². The highest BCUT2D eigenvalue weighted by molar-refractivity contribution is 5.71. The van der Waals surface area contributed by atoms with Gasteiger partial charge < -0.3 is 14.2 Å². The quantitative estimate of drug-likeness (QED) is 0.0199. The molecule has 362 valence electrons. The monoisotopic (exact) mass is 887 g/mol. The lowest BCUT2D eigenvalue weighted by atomic mass is 10.1. The van der Waals surface area contributed by atoms with Crippen LogP contribution in [0.15, 0.2) is 109 Å². The zero-order valence-corrected chi connectivity index (χ0v) is 41.3. The molecule has 1 unspecified atom stereocenters. The Morgan fingerprint density at radius 1 is 0.344 bits per heavy atom. The van der Waals surface area contributed by atoms with E-state index < -0.39 is 6.10 Å². The Labute approximate surface area is 393 Å². The summed E-state index contributed by atoms with van der Waals surface area (Å²) in [5.41, 5.74) is 0. The highest BCUT2D eigenvalue weighted by Crippen LogP contribution is 2.14. The average Bonchev–Trinajstić information content (AvgIpc) is 3.29. The van der Waals surface area contributed by atoms with Crippen molar-refractivity contribution in [2.45, 2.75) is 226 Å². The summed E-state index contributed by atoms with van der Waals surface area (Å²) in [6, 6.07) is 0. The highest BCUT2D eigenvalue weighted by Gasteiger charge is 2.19. The van der Waals surface area contributed by atoms with Crippen molar-refractivity contribution in [2.75, 3.05) is 13.2 Å². The van der Waals surface area contributed by atoms with Crippen LogP contribution in [0.4, 0.5) is 0 Å². The van der Waals surface area contributed by atoms with E-state index >= 15 is 0 Å². The minimum absolute atomic E-state index is 0.107. The van der Waals surface area contributed by atoms with Gasteiger partial charge in [-0.1, -0.05) is 226 Å². The molecule has 0 radical (unpaired) electrons. The van der Waals surface area contributed by atoms with Crippen LogP contribution in [0.2, 0.25) is 0 Å². The van der Waals surface area contributed by atoms with Crippen LogP contribution >= 0.6 is 0 Å². The Hall–Kier alpha value is -3.93. The summed E-state index contributed by atoms with van der Waals surface area (Å²) < 4.78 is 16.7. The van der Waals surface area contributed by atoms with Crippen LogP contribution in [-0.2, 0) is 28.6 Å². The fourth-order valence-corrected chi connectivity index (χ4v) is 6.79. The molecule has 0 bridgehead atoms. The van der Waals surface area contributed by atoms with E-state index in [0.29, 0.717) is 19.3 Å². The molecule has 0 fully saturated rings. The van der Waals surface area contributed by atoms with Gasteiger partial charge in [-0.15, -0.1) is 0 Å². The van der Waals surface area contributed by atoms with E-state index in [-0.39, 0.29) is 37.5 Å². The molecule has 1 atom stereocenters. The van der Waals surface area contributed by atoms with Crippen molar-refractivity contribution in [2.24, 2.45) is 0 Å². The third kappa shape index (κ3) is 49.1. The number of esters is 3. The first kappa shape index (κ1) is 60.1. The Morgan fingerprint density at radius 2 is 0.703 bits per heavy atom. The number of unbranched alkanes of at least 4 members (excludes halogenated alkanes) is 21. The maximum atomic E-state index is 12.8. The molecule has 0 saturated heterocycles. The van der Waals surface area contributed by atoms with Crippen LogP contribution < -0.4 is 0 Å². The normalized spacial score (nSPS) is 13.0. The molecule has 64 heavy (non-hydrogen) atoms. The predicted octanol–water partition coefficient (Wildman–Crippen LogP) is 17.1. The summed E-state index contributed by atoms with van der Waals surface area (Å²) in [5.74, 6) is -1.00. The molecule has 0 aromatic rings. The first-order chi connectivity index (χ1) is 31.5. The second kappa shape index (κ2) is 51.7. The largest absolute Gasteiger partial charge is 0.462 e. The van der Waals surface area contributed by atoms with Crippen LogP contribution in [0.25, 0.3) is 0 Å². The topological polar surface area (TPSA) is 78.9 Å². The van der Waals surface area contributed by atoms with Gasteiger partial charge in [0.1, 0.15) is 13.2 Å². The summed E-state index contributed by atoms with van der Waals surface area (Å²) in [6.45, 7) is 6.28. The zero-order valence-electron chi connectivity index (χ0n) is 41.3. The molecule has 0 aliphatic rings. The van der Waals surface area contributed by atoms with E-state index in [4.69, 9.17) is 14.2 Å². The van der Waals surface area contributed by atoms with E-state index in [2.05, 4.69) is 75.5 Å². The van der Waals surface area contributed by atoms with Crippen molar-refractivity contribution < 1.29 is 28.6 Å². The maximum absolute atomic E-state index is 12.8. The molecule has 0 aliphatic heterocycles.